The first-order valence-electron chi connectivity index (χ1n) is 6.90. The largest absolute Gasteiger partial charge is 0.491 e. The van der Waals surface area contributed by atoms with Crippen molar-refractivity contribution in [3.8, 4) is 17.0 Å². The van der Waals surface area contributed by atoms with E-state index in [0.717, 1.165) is 34.7 Å². The molecule has 1 aromatic heterocycles. The molecule has 0 saturated heterocycles. The van der Waals surface area contributed by atoms with Gasteiger partial charge < -0.3 is 10.5 Å². The Hall–Kier alpha value is -1.94. The van der Waals surface area contributed by atoms with Gasteiger partial charge in [-0.1, -0.05) is 0 Å². The van der Waals surface area contributed by atoms with Crippen LogP contribution < -0.4 is 10.5 Å². The Kier molecular flexibility index (Phi) is 4.69. The highest BCUT2D eigenvalue weighted by atomic mass is 16.5. The maximum absolute atomic E-state index is 5.74. The van der Waals surface area contributed by atoms with Gasteiger partial charge in [-0.3, -0.25) is 0 Å². The molecule has 2 N–H and O–H groups in total. The summed E-state index contributed by atoms with van der Waals surface area (Å²) in [6.45, 7) is 6.68. The quantitative estimate of drug-likeness (QED) is 0.908. The minimum Gasteiger partial charge on any atom is -0.491 e. The summed E-state index contributed by atoms with van der Waals surface area (Å²) >= 11 is 0. The smallest absolute Gasteiger partial charge is 0.122 e. The Balaban J connectivity index is 2.22. The molecule has 0 atom stereocenters. The van der Waals surface area contributed by atoms with Gasteiger partial charge in [0.05, 0.1) is 17.5 Å². The van der Waals surface area contributed by atoms with E-state index in [4.69, 9.17) is 10.5 Å². The van der Waals surface area contributed by atoms with E-state index in [-0.39, 0.29) is 6.10 Å². The zero-order valence-electron chi connectivity index (χ0n) is 12.3. The summed E-state index contributed by atoms with van der Waals surface area (Å²) in [6.07, 6.45) is 0.933. The van der Waals surface area contributed by atoms with E-state index in [9.17, 15) is 0 Å². The Bertz CT molecular complexity index is 564. The summed E-state index contributed by atoms with van der Waals surface area (Å²) in [5.41, 5.74) is 9.44. The predicted octanol–water partition coefficient (Wildman–Crippen LogP) is 2.74. The molecule has 0 amide bonds. The number of nitrogens with zero attached hydrogens (tertiary/aromatic N) is 2. The standard InChI is InChI=1S/C16H21N3O/c1-11(2)20-16-7-4-13(10-12(16)3)15-6-5-14(8-9-17)18-19-15/h4-7,10-11H,8-9,17H2,1-3H3. The van der Waals surface area contributed by atoms with Gasteiger partial charge in [-0.25, -0.2) is 0 Å². The number of hydrogen-bond donors (Lipinski definition) is 1. The van der Waals surface area contributed by atoms with Crippen molar-refractivity contribution >= 4 is 0 Å². The number of rotatable bonds is 5. The Morgan fingerprint density at radius 2 is 1.95 bits per heavy atom. The van der Waals surface area contributed by atoms with E-state index in [2.05, 4.69) is 16.3 Å². The molecular weight excluding hydrogens is 250 g/mol. The van der Waals surface area contributed by atoms with Gasteiger partial charge in [0, 0.05) is 12.0 Å². The van der Waals surface area contributed by atoms with Gasteiger partial charge in [-0.2, -0.15) is 10.2 Å². The van der Waals surface area contributed by atoms with Gasteiger partial charge in [-0.05, 0) is 63.2 Å². The summed E-state index contributed by atoms with van der Waals surface area (Å²) in [5, 5.41) is 8.44. The number of aromatic nitrogens is 2. The number of ether oxygens (including phenoxy) is 1. The van der Waals surface area contributed by atoms with Crippen LogP contribution in [0.4, 0.5) is 0 Å². The fraction of sp³-hybridized carbons (Fsp3) is 0.375. The maximum Gasteiger partial charge on any atom is 0.122 e. The number of nitrogens with two attached hydrogens (primary N) is 1. The van der Waals surface area contributed by atoms with Gasteiger partial charge in [0.15, 0.2) is 0 Å². The van der Waals surface area contributed by atoms with Crippen LogP contribution in [-0.4, -0.2) is 22.8 Å². The second kappa shape index (κ2) is 6.48. The van der Waals surface area contributed by atoms with Gasteiger partial charge in [0.2, 0.25) is 0 Å². The Morgan fingerprint density at radius 3 is 2.50 bits per heavy atom. The molecule has 0 radical (unpaired) electrons. The Labute approximate surface area is 120 Å². The van der Waals surface area contributed by atoms with Crippen molar-refractivity contribution in [3.05, 3.63) is 41.6 Å². The second-order valence-corrected chi connectivity index (χ2v) is 5.10. The molecule has 106 valence electrons. The highest BCUT2D eigenvalue weighted by Gasteiger charge is 2.06. The van der Waals surface area contributed by atoms with E-state index in [1.807, 2.05) is 45.0 Å². The fourth-order valence-electron chi connectivity index (χ4n) is 1.99. The lowest BCUT2D eigenvalue weighted by Crippen LogP contribution is -2.07. The highest BCUT2D eigenvalue weighted by Crippen LogP contribution is 2.25. The van der Waals surface area contributed by atoms with Crippen LogP contribution in [0.5, 0.6) is 5.75 Å². The molecular formula is C16H21N3O. The summed E-state index contributed by atoms with van der Waals surface area (Å²) in [5.74, 6) is 0.913. The first-order chi connectivity index (χ1) is 9.60. The molecule has 0 saturated carbocycles. The lowest BCUT2D eigenvalue weighted by molar-refractivity contribution is 0.241. The molecule has 0 aliphatic carbocycles. The molecule has 20 heavy (non-hydrogen) atoms. The lowest BCUT2D eigenvalue weighted by atomic mass is 10.1. The molecule has 0 aliphatic heterocycles. The van der Waals surface area contributed by atoms with E-state index >= 15 is 0 Å². The second-order valence-electron chi connectivity index (χ2n) is 5.10. The van der Waals surface area contributed by atoms with E-state index in [1.54, 1.807) is 0 Å². The van der Waals surface area contributed by atoms with Crippen LogP contribution in [0.15, 0.2) is 30.3 Å². The van der Waals surface area contributed by atoms with E-state index in [1.165, 1.54) is 0 Å². The predicted molar refractivity (Wildman–Crippen MR) is 80.7 cm³/mol. The minimum absolute atomic E-state index is 0.176. The zero-order chi connectivity index (χ0) is 14.5. The molecule has 0 fully saturated rings. The molecule has 1 heterocycles. The average Bonchev–Trinajstić information content (AvgIpc) is 2.42. The van der Waals surface area contributed by atoms with Crippen molar-refractivity contribution in [1.82, 2.24) is 10.2 Å². The Morgan fingerprint density at radius 1 is 1.15 bits per heavy atom. The third kappa shape index (κ3) is 3.54. The third-order valence-electron chi connectivity index (χ3n) is 2.95. The molecule has 4 heteroatoms. The van der Waals surface area contributed by atoms with Crippen LogP contribution in [0.1, 0.15) is 25.1 Å². The summed E-state index contributed by atoms with van der Waals surface area (Å²) in [6, 6.07) is 10.0. The van der Waals surface area contributed by atoms with Crippen molar-refractivity contribution in [3.63, 3.8) is 0 Å². The van der Waals surface area contributed by atoms with E-state index in [0.29, 0.717) is 6.54 Å². The monoisotopic (exact) mass is 271 g/mol. The molecule has 0 aliphatic rings. The van der Waals surface area contributed by atoms with Gasteiger partial charge in [0.1, 0.15) is 5.75 Å². The van der Waals surface area contributed by atoms with Crippen molar-refractivity contribution < 1.29 is 4.74 Å². The average molecular weight is 271 g/mol. The van der Waals surface area contributed by atoms with Crippen molar-refractivity contribution in [2.45, 2.75) is 33.3 Å². The van der Waals surface area contributed by atoms with Gasteiger partial charge in [-0.15, -0.1) is 0 Å². The van der Waals surface area contributed by atoms with Crippen molar-refractivity contribution in [2.75, 3.05) is 6.54 Å². The minimum atomic E-state index is 0.176. The number of hydrogen-bond acceptors (Lipinski definition) is 4. The molecule has 1 aromatic carbocycles. The molecule has 0 spiro atoms. The molecule has 4 nitrogen and oxygen atoms in total. The zero-order valence-corrected chi connectivity index (χ0v) is 12.3. The maximum atomic E-state index is 5.74. The topological polar surface area (TPSA) is 61.0 Å². The molecule has 0 unspecified atom stereocenters. The van der Waals surface area contributed by atoms with Gasteiger partial charge >= 0.3 is 0 Å². The van der Waals surface area contributed by atoms with Crippen LogP contribution in [-0.2, 0) is 6.42 Å². The van der Waals surface area contributed by atoms with Crippen LogP contribution in [0.2, 0.25) is 0 Å². The third-order valence-corrected chi connectivity index (χ3v) is 2.95. The fourth-order valence-corrected chi connectivity index (χ4v) is 1.99. The van der Waals surface area contributed by atoms with Crippen molar-refractivity contribution in [2.24, 2.45) is 5.73 Å². The summed E-state index contributed by atoms with van der Waals surface area (Å²) < 4.78 is 5.74. The molecule has 2 rings (SSSR count). The van der Waals surface area contributed by atoms with Crippen LogP contribution in [0, 0.1) is 6.92 Å². The first-order valence-corrected chi connectivity index (χ1v) is 6.90. The lowest BCUT2D eigenvalue weighted by Gasteiger charge is -2.13. The van der Waals surface area contributed by atoms with Crippen molar-refractivity contribution in [1.29, 1.82) is 0 Å². The van der Waals surface area contributed by atoms with E-state index < -0.39 is 0 Å². The first kappa shape index (κ1) is 14.5. The highest BCUT2D eigenvalue weighted by molar-refractivity contribution is 5.61. The number of benzene rings is 1. The summed E-state index contributed by atoms with van der Waals surface area (Å²) in [4.78, 5) is 0. The molecule has 2 aromatic rings. The SMILES string of the molecule is Cc1cc(-c2ccc(CCN)nn2)ccc1OC(C)C. The molecule has 0 bridgehead atoms. The van der Waals surface area contributed by atoms with Gasteiger partial charge in [0.25, 0.3) is 0 Å². The number of aryl methyl sites for hydroxylation is 1. The van der Waals surface area contributed by atoms with Crippen LogP contribution >= 0.6 is 0 Å². The summed E-state index contributed by atoms with van der Waals surface area (Å²) in [7, 11) is 0. The van der Waals surface area contributed by atoms with Crippen LogP contribution in [0.3, 0.4) is 0 Å². The van der Waals surface area contributed by atoms with Crippen LogP contribution in [0.25, 0.3) is 11.3 Å². The normalized spacial score (nSPS) is 10.8.